The number of rotatable bonds is 7. The smallest absolute Gasteiger partial charge is 0.257 e. The molecular formula is C13H24N4O. The molecule has 1 aromatic rings. The summed E-state index contributed by atoms with van der Waals surface area (Å²) in [5.74, 6) is 1.28. The average Bonchev–Trinajstić information content (AvgIpc) is 2.30. The minimum absolute atomic E-state index is 0.0978. The molecule has 0 aliphatic carbocycles. The molecule has 0 radical (unpaired) electrons. The maximum atomic E-state index is 5.60. The summed E-state index contributed by atoms with van der Waals surface area (Å²) in [5, 5.41) is 3.26. The van der Waals surface area contributed by atoms with Crippen LogP contribution in [0.1, 0.15) is 27.7 Å². The van der Waals surface area contributed by atoms with E-state index in [4.69, 9.17) is 4.74 Å². The molecule has 0 saturated heterocycles. The molecule has 0 aliphatic rings. The van der Waals surface area contributed by atoms with Crippen LogP contribution in [0.3, 0.4) is 0 Å². The van der Waals surface area contributed by atoms with Gasteiger partial charge in [-0.2, -0.15) is 0 Å². The Kier molecular flexibility index (Phi) is 5.85. The summed E-state index contributed by atoms with van der Waals surface area (Å²) in [6, 6.07) is 0.542. The summed E-state index contributed by atoms with van der Waals surface area (Å²) in [6.45, 7) is 10.1. The van der Waals surface area contributed by atoms with Gasteiger partial charge in [0, 0.05) is 31.5 Å². The number of likely N-dealkylation sites (N-methyl/N-ethyl adjacent to an activating group) is 1. The normalized spacial score (nSPS) is 11.3. The largest absolute Gasteiger partial charge is 0.472 e. The van der Waals surface area contributed by atoms with Gasteiger partial charge in [0.05, 0.1) is 6.10 Å². The van der Waals surface area contributed by atoms with E-state index in [2.05, 4.69) is 41.1 Å². The molecule has 1 aromatic heterocycles. The number of hydrogen-bond donors (Lipinski definition) is 1. The molecule has 0 fully saturated rings. The highest BCUT2D eigenvalue weighted by molar-refractivity contribution is 5.44. The van der Waals surface area contributed by atoms with Crippen LogP contribution in [0.25, 0.3) is 0 Å². The number of nitrogens with zero attached hydrogens (tertiary/aromatic N) is 3. The van der Waals surface area contributed by atoms with Gasteiger partial charge in [-0.25, -0.2) is 9.97 Å². The number of anilines is 1. The maximum Gasteiger partial charge on any atom is 0.257 e. The number of ether oxygens (including phenoxy) is 1. The van der Waals surface area contributed by atoms with Crippen molar-refractivity contribution in [2.75, 3.05) is 25.5 Å². The summed E-state index contributed by atoms with van der Waals surface area (Å²) in [5.41, 5.74) is 0. The molecule has 0 spiro atoms. The van der Waals surface area contributed by atoms with Crippen LogP contribution in [-0.2, 0) is 0 Å². The third kappa shape index (κ3) is 4.87. The van der Waals surface area contributed by atoms with Gasteiger partial charge in [0.25, 0.3) is 5.88 Å². The summed E-state index contributed by atoms with van der Waals surface area (Å²) in [6.07, 6.45) is 3.41. The Labute approximate surface area is 110 Å². The topological polar surface area (TPSA) is 50.3 Å². The average molecular weight is 252 g/mol. The van der Waals surface area contributed by atoms with Crippen LogP contribution in [0.2, 0.25) is 0 Å². The molecule has 5 nitrogen and oxygen atoms in total. The Balaban J connectivity index is 2.51. The molecule has 0 amide bonds. The highest BCUT2D eigenvalue weighted by Gasteiger charge is 2.08. The third-order valence-electron chi connectivity index (χ3n) is 2.65. The van der Waals surface area contributed by atoms with Crippen LogP contribution >= 0.6 is 0 Å². The first-order chi connectivity index (χ1) is 8.50. The van der Waals surface area contributed by atoms with Crippen molar-refractivity contribution in [3.05, 3.63) is 12.4 Å². The van der Waals surface area contributed by atoms with Crippen molar-refractivity contribution in [2.24, 2.45) is 0 Å². The second-order valence-corrected chi connectivity index (χ2v) is 4.88. The van der Waals surface area contributed by atoms with Gasteiger partial charge in [0.1, 0.15) is 0 Å². The Hall–Kier alpha value is -1.36. The number of nitrogens with one attached hydrogen (secondary N) is 1. The predicted molar refractivity (Wildman–Crippen MR) is 74.1 cm³/mol. The number of aromatic nitrogens is 2. The molecule has 0 bridgehead atoms. The van der Waals surface area contributed by atoms with Crippen molar-refractivity contribution in [2.45, 2.75) is 39.8 Å². The fourth-order valence-corrected chi connectivity index (χ4v) is 1.36. The first kappa shape index (κ1) is 14.7. The van der Waals surface area contributed by atoms with E-state index < -0.39 is 0 Å². The highest BCUT2D eigenvalue weighted by Crippen LogP contribution is 2.18. The lowest BCUT2D eigenvalue weighted by Gasteiger charge is -2.21. The first-order valence-corrected chi connectivity index (χ1v) is 6.42. The number of hydrogen-bond acceptors (Lipinski definition) is 5. The van der Waals surface area contributed by atoms with E-state index in [0.717, 1.165) is 13.1 Å². The van der Waals surface area contributed by atoms with Gasteiger partial charge >= 0.3 is 0 Å². The van der Waals surface area contributed by atoms with E-state index >= 15 is 0 Å². The Bertz CT molecular complexity index is 355. The van der Waals surface area contributed by atoms with Crippen molar-refractivity contribution in [3.63, 3.8) is 0 Å². The molecule has 0 aromatic carbocycles. The lowest BCUT2D eigenvalue weighted by atomic mass is 10.3. The summed E-state index contributed by atoms with van der Waals surface area (Å²) in [7, 11) is 2.11. The van der Waals surface area contributed by atoms with Crippen LogP contribution in [-0.4, -0.2) is 47.2 Å². The van der Waals surface area contributed by atoms with Crippen LogP contribution < -0.4 is 10.1 Å². The zero-order valence-corrected chi connectivity index (χ0v) is 12.0. The van der Waals surface area contributed by atoms with Crippen molar-refractivity contribution in [1.29, 1.82) is 0 Å². The van der Waals surface area contributed by atoms with E-state index in [1.165, 1.54) is 0 Å². The summed E-state index contributed by atoms with van der Waals surface area (Å²) in [4.78, 5) is 10.7. The van der Waals surface area contributed by atoms with Gasteiger partial charge in [0.2, 0.25) is 0 Å². The standard InChI is InChI=1S/C13H24N4O/c1-10(2)17(5)9-8-15-12-13(18-11(3)4)16-7-6-14-12/h6-7,10-11H,8-9H2,1-5H3,(H,14,15). The molecule has 1 rings (SSSR count). The second kappa shape index (κ2) is 7.16. The highest BCUT2D eigenvalue weighted by atomic mass is 16.5. The van der Waals surface area contributed by atoms with Crippen LogP contribution in [0.15, 0.2) is 12.4 Å². The summed E-state index contributed by atoms with van der Waals surface area (Å²) >= 11 is 0. The van der Waals surface area contributed by atoms with Crippen molar-refractivity contribution >= 4 is 5.82 Å². The molecule has 1 N–H and O–H groups in total. The SMILES string of the molecule is CC(C)Oc1nccnc1NCCN(C)C(C)C. The Morgan fingerprint density at radius 2 is 1.89 bits per heavy atom. The van der Waals surface area contributed by atoms with Crippen LogP contribution in [0.5, 0.6) is 5.88 Å². The maximum absolute atomic E-state index is 5.60. The monoisotopic (exact) mass is 252 g/mol. The molecule has 0 unspecified atom stereocenters. The van der Waals surface area contributed by atoms with Crippen molar-refractivity contribution < 1.29 is 4.74 Å². The fourth-order valence-electron chi connectivity index (χ4n) is 1.36. The first-order valence-electron chi connectivity index (χ1n) is 6.42. The van der Waals surface area contributed by atoms with Gasteiger partial charge in [-0.3, -0.25) is 0 Å². The van der Waals surface area contributed by atoms with E-state index in [-0.39, 0.29) is 6.10 Å². The Morgan fingerprint density at radius 1 is 1.22 bits per heavy atom. The van der Waals surface area contributed by atoms with Gasteiger partial charge in [0.15, 0.2) is 5.82 Å². The fraction of sp³-hybridized carbons (Fsp3) is 0.692. The lowest BCUT2D eigenvalue weighted by Crippen LogP contribution is -2.31. The minimum Gasteiger partial charge on any atom is -0.472 e. The molecule has 102 valence electrons. The molecule has 0 atom stereocenters. The molecule has 0 saturated carbocycles. The summed E-state index contributed by atoms with van der Waals surface area (Å²) < 4.78 is 5.60. The molecular weight excluding hydrogens is 228 g/mol. The zero-order valence-electron chi connectivity index (χ0n) is 12.0. The van der Waals surface area contributed by atoms with Crippen molar-refractivity contribution in [1.82, 2.24) is 14.9 Å². The molecule has 18 heavy (non-hydrogen) atoms. The lowest BCUT2D eigenvalue weighted by molar-refractivity contribution is 0.233. The van der Waals surface area contributed by atoms with Gasteiger partial charge in [-0.1, -0.05) is 0 Å². The molecule has 1 heterocycles. The molecule has 5 heteroatoms. The second-order valence-electron chi connectivity index (χ2n) is 4.88. The van der Waals surface area contributed by atoms with Crippen LogP contribution in [0, 0.1) is 0 Å². The molecule has 0 aliphatic heterocycles. The Morgan fingerprint density at radius 3 is 2.50 bits per heavy atom. The minimum atomic E-state index is 0.0978. The van der Waals surface area contributed by atoms with Gasteiger partial charge in [-0.05, 0) is 34.7 Å². The van der Waals surface area contributed by atoms with E-state index in [0.29, 0.717) is 17.7 Å². The van der Waals surface area contributed by atoms with E-state index in [9.17, 15) is 0 Å². The van der Waals surface area contributed by atoms with Crippen molar-refractivity contribution in [3.8, 4) is 5.88 Å². The van der Waals surface area contributed by atoms with Crippen LogP contribution in [0.4, 0.5) is 5.82 Å². The van der Waals surface area contributed by atoms with E-state index in [1.807, 2.05) is 13.8 Å². The van der Waals surface area contributed by atoms with Gasteiger partial charge in [-0.15, -0.1) is 0 Å². The quantitative estimate of drug-likeness (QED) is 0.804. The zero-order chi connectivity index (χ0) is 13.5. The third-order valence-corrected chi connectivity index (χ3v) is 2.65. The predicted octanol–water partition coefficient (Wildman–Crippen LogP) is 2.02. The van der Waals surface area contributed by atoms with E-state index in [1.54, 1.807) is 12.4 Å². The van der Waals surface area contributed by atoms with Gasteiger partial charge < -0.3 is 15.0 Å².